The first-order valence-corrected chi connectivity index (χ1v) is 9.45. The fourth-order valence-electron chi connectivity index (χ4n) is 2.73. The highest BCUT2D eigenvalue weighted by atomic mass is 32.2. The number of hydrogen-bond donors (Lipinski definition) is 1. The van der Waals surface area contributed by atoms with Gasteiger partial charge in [0.15, 0.2) is 28.6 Å². The number of carbonyl (C=O) groups excluding carboxylic acids is 1. The van der Waals surface area contributed by atoms with Crippen molar-refractivity contribution in [2.45, 2.75) is 11.3 Å². The van der Waals surface area contributed by atoms with E-state index >= 15 is 0 Å². The second-order valence-corrected chi connectivity index (χ2v) is 6.91. The van der Waals surface area contributed by atoms with Crippen LogP contribution in [0, 0.1) is 0 Å². The first-order chi connectivity index (χ1) is 13.2. The van der Waals surface area contributed by atoms with E-state index in [0.29, 0.717) is 23.3 Å². The third-order valence-corrected chi connectivity index (χ3v) is 5.08. The highest BCUT2D eigenvalue weighted by Crippen LogP contribution is 2.35. The van der Waals surface area contributed by atoms with Gasteiger partial charge in [-0.2, -0.15) is 0 Å². The average molecular weight is 382 g/mol. The lowest BCUT2D eigenvalue weighted by atomic mass is 10.2. The van der Waals surface area contributed by atoms with Gasteiger partial charge in [0.2, 0.25) is 5.91 Å². The van der Waals surface area contributed by atoms with Crippen molar-refractivity contribution in [2.75, 3.05) is 17.7 Å². The molecule has 7 nitrogen and oxygen atoms in total. The predicted octanol–water partition coefficient (Wildman–Crippen LogP) is 3.06. The van der Waals surface area contributed by atoms with E-state index in [1.807, 2.05) is 66.2 Å². The molecule has 4 rings (SSSR count). The van der Waals surface area contributed by atoms with Gasteiger partial charge in [-0.25, -0.2) is 0 Å². The maximum absolute atomic E-state index is 12.1. The molecule has 138 valence electrons. The molecule has 0 fully saturated rings. The topological polar surface area (TPSA) is 78.3 Å². The van der Waals surface area contributed by atoms with Gasteiger partial charge in [-0.05, 0) is 24.3 Å². The molecule has 0 saturated heterocycles. The lowest BCUT2D eigenvalue weighted by molar-refractivity contribution is -0.113. The van der Waals surface area contributed by atoms with Crippen LogP contribution in [0.15, 0.2) is 59.8 Å². The minimum absolute atomic E-state index is 0.0954. The minimum Gasteiger partial charge on any atom is -0.485 e. The fourth-order valence-corrected chi connectivity index (χ4v) is 3.45. The molecule has 2 aromatic carbocycles. The molecule has 0 aliphatic carbocycles. The lowest BCUT2D eigenvalue weighted by Crippen LogP contribution is -2.24. The Kier molecular flexibility index (Phi) is 4.97. The van der Waals surface area contributed by atoms with Crippen LogP contribution in [0.5, 0.6) is 11.5 Å². The first kappa shape index (κ1) is 17.4. The number of benzene rings is 2. The van der Waals surface area contributed by atoms with Crippen LogP contribution < -0.4 is 14.8 Å². The van der Waals surface area contributed by atoms with Gasteiger partial charge in [0.25, 0.3) is 0 Å². The Morgan fingerprint density at radius 1 is 1.15 bits per heavy atom. The van der Waals surface area contributed by atoms with E-state index in [2.05, 4.69) is 15.5 Å². The molecule has 8 heteroatoms. The minimum atomic E-state index is -0.343. The van der Waals surface area contributed by atoms with E-state index in [0.717, 1.165) is 11.4 Å². The van der Waals surface area contributed by atoms with E-state index in [9.17, 15) is 4.79 Å². The van der Waals surface area contributed by atoms with Gasteiger partial charge in [0.05, 0.1) is 5.75 Å². The Hall–Kier alpha value is -3.00. The Balaban J connectivity index is 1.39. The zero-order valence-corrected chi connectivity index (χ0v) is 15.5. The highest BCUT2D eigenvalue weighted by Gasteiger charge is 2.27. The highest BCUT2D eigenvalue weighted by molar-refractivity contribution is 7.99. The smallest absolute Gasteiger partial charge is 0.234 e. The van der Waals surface area contributed by atoms with Gasteiger partial charge in [0.1, 0.15) is 6.61 Å². The van der Waals surface area contributed by atoms with Gasteiger partial charge < -0.3 is 19.4 Å². The molecule has 3 aromatic rings. The first-order valence-electron chi connectivity index (χ1n) is 8.46. The van der Waals surface area contributed by atoms with Crippen LogP contribution in [-0.2, 0) is 11.8 Å². The van der Waals surface area contributed by atoms with Crippen LogP contribution in [0.2, 0.25) is 0 Å². The molecule has 0 spiro atoms. The molecule has 1 atom stereocenters. The number of hydrogen-bond acceptors (Lipinski definition) is 6. The summed E-state index contributed by atoms with van der Waals surface area (Å²) in [5.74, 6) is 2.22. The van der Waals surface area contributed by atoms with Crippen molar-refractivity contribution >= 4 is 23.4 Å². The van der Waals surface area contributed by atoms with E-state index in [-0.39, 0.29) is 17.8 Å². The molecule has 1 aliphatic heterocycles. The molecular weight excluding hydrogens is 364 g/mol. The molecule has 2 heterocycles. The van der Waals surface area contributed by atoms with Gasteiger partial charge in [0, 0.05) is 12.7 Å². The summed E-state index contributed by atoms with van der Waals surface area (Å²) in [6.07, 6.45) is -0.343. The summed E-state index contributed by atoms with van der Waals surface area (Å²) in [5, 5.41) is 11.9. The number of anilines is 1. The standard InChI is InChI=1S/C19H18N4O3S/c1-23-18(16-11-25-14-9-5-6-10-15(14)26-16)21-22-19(23)27-12-17(24)20-13-7-3-2-4-8-13/h2-10,16H,11-12H2,1H3,(H,20,24)/t16-/m1/s1. The molecule has 27 heavy (non-hydrogen) atoms. The molecule has 0 saturated carbocycles. The summed E-state index contributed by atoms with van der Waals surface area (Å²) >= 11 is 1.33. The summed E-state index contributed by atoms with van der Waals surface area (Å²) < 4.78 is 13.6. The van der Waals surface area contributed by atoms with Gasteiger partial charge in [-0.3, -0.25) is 4.79 Å². The summed E-state index contributed by atoms with van der Waals surface area (Å²) in [6, 6.07) is 16.9. The molecule has 1 aliphatic rings. The Morgan fingerprint density at radius 2 is 1.89 bits per heavy atom. The van der Waals surface area contributed by atoms with E-state index in [4.69, 9.17) is 9.47 Å². The summed E-state index contributed by atoms with van der Waals surface area (Å²) in [4.78, 5) is 12.1. The number of nitrogens with one attached hydrogen (secondary N) is 1. The van der Waals surface area contributed by atoms with Crippen molar-refractivity contribution in [3.8, 4) is 11.5 Å². The van der Waals surface area contributed by atoms with Crippen LogP contribution in [0.4, 0.5) is 5.69 Å². The Morgan fingerprint density at radius 3 is 2.70 bits per heavy atom. The summed E-state index contributed by atoms with van der Waals surface area (Å²) in [7, 11) is 1.86. The molecule has 0 radical (unpaired) electrons. The van der Waals surface area contributed by atoms with Crippen LogP contribution in [0.3, 0.4) is 0 Å². The van der Waals surface area contributed by atoms with Crippen molar-refractivity contribution in [2.24, 2.45) is 7.05 Å². The molecule has 1 aromatic heterocycles. The van der Waals surface area contributed by atoms with Crippen molar-refractivity contribution < 1.29 is 14.3 Å². The Labute approximate surface area is 160 Å². The van der Waals surface area contributed by atoms with Crippen LogP contribution >= 0.6 is 11.8 Å². The second-order valence-electron chi connectivity index (χ2n) is 5.97. The van der Waals surface area contributed by atoms with Gasteiger partial charge >= 0.3 is 0 Å². The molecule has 0 bridgehead atoms. The number of rotatable bonds is 5. The zero-order valence-electron chi connectivity index (χ0n) is 14.7. The monoisotopic (exact) mass is 382 g/mol. The van der Waals surface area contributed by atoms with Crippen molar-refractivity contribution in [3.05, 3.63) is 60.4 Å². The van der Waals surface area contributed by atoms with Gasteiger partial charge in [-0.1, -0.05) is 42.1 Å². The summed E-state index contributed by atoms with van der Waals surface area (Å²) in [6.45, 7) is 0.363. The quantitative estimate of drug-likeness (QED) is 0.684. The number of nitrogens with zero attached hydrogens (tertiary/aromatic N) is 3. The number of carbonyl (C=O) groups is 1. The molecule has 1 amide bonds. The van der Waals surface area contributed by atoms with E-state index in [1.54, 1.807) is 0 Å². The normalized spacial score (nSPS) is 15.4. The number of thioether (sulfide) groups is 1. The van der Waals surface area contributed by atoms with E-state index in [1.165, 1.54) is 11.8 Å². The van der Waals surface area contributed by atoms with Gasteiger partial charge in [-0.15, -0.1) is 10.2 Å². The SMILES string of the molecule is Cn1c(SCC(=O)Nc2ccccc2)nnc1[C@H]1COc2ccccc2O1. The third-order valence-electron chi connectivity index (χ3n) is 4.06. The molecular formula is C19H18N4O3S. The van der Waals surface area contributed by atoms with Crippen molar-refractivity contribution in [1.29, 1.82) is 0 Å². The number of amides is 1. The lowest BCUT2D eigenvalue weighted by Gasteiger charge is -2.25. The third kappa shape index (κ3) is 3.90. The fraction of sp³-hybridized carbons (Fsp3) is 0.211. The summed E-state index contributed by atoms with van der Waals surface area (Å²) in [5.41, 5.74) is 0.771. The van der Waals surface area contributed by atoms with E-state index < -0.39 is 0 Å². The van der Waals surface area contributed by atoms with Crippen LogP contribution in [0.1, 0.15) is 11.9 Å². The Bertz CT molecular complexity index is 945. The number of fused-ring (bicyclic) bond motifs is 1. The van der Waals surface area contributed by atoms with Crippen LogP contribution in [0.25, 0.3) is 0 Å². The molecule has 0 unspecified atom stereocenters. The maximum Gasteiger partial charge on any atom is 0.234 e. The average Bonchev–Trinajstić information content (AvgIpc) is 3.07. The second kappa shape index (κ2) is 7.71. The number of aromatic nitrogens is 3. The van der Waals surface area contributed by atoms with Crippen LogP contribution in [-0.4, -0.2) is 33.0 Å². The maximum atomic E-state index is 12.1. The predicted molar refractivity (Wildman–Crippen MR) is 102 cm³/mol. The largest absolute Gasteiger partial charge is 0.485 e. The number of ether oxygens (including phenoxy) is 2. The van der Waals surface area contributed by atoms with Crippen molar-refractivity contribution in [1.82, 2.24) is 14.8 Å². The van der Waals surface area contributed by atoms with Crippen molar-refractivity contribution in [3.63, 3.8) is 0 Å². The number of para-hydroxylation sites is 3. The molecule has 1 N–H and O–H groups in total. The zero-order chi connectivity index (χ0) is 18.6.